The van der Waals surface area contributed by atoms with Crippen LogP contribution in [-0.4, -0.2) is 34.8 Å². The van der Waals surface area contributed by atoms with E-state index in [1.807, 2.05) is 31.2 Å². The second-order valence-electron chi connectivity index (χ2n) is 4.88. The van der Waals surface area contributed by atoms with E-state index >= 15 is 0 Å². The van der Waals surface area contributed by atoms with Crippen LogP contribution < -0.4 is 4.72 Å². The maximum absolute atomic E-state index is 12.1. The lowest BCUT2D eigenvalue weighted by Crippen LogP contribution is -2.27. The molecule has 1 aromatic carbocycles. The van der Waals surface area contributed by atoms with Gasteiger partial charge in [0.2, 0.25) is 15.0 Å². The van der Waals surface area contributed by atoms with Crippen molar-refractivity contribution in [2.75, 3.05) is 6.54 Å². The highest BCUT2D eigenvalue weighted by Crippen LogP contribution is 2.13. The summed E-state index contributed by atoms with van der Waals surface area (Å²) >= 11 is 1.40. The number of nitrogens with one attached hydrogen (secondary N) is 1. The molecule has 3 rings (SSSR count). The summed E-state index contributed by atoms with van der Waals surface area (Å²) < 4.78 is 28.4. The van der Waals surface area contributed by atoms with Crippen LogP contribution in [0.4, 0.5) is 0 Å². The van der Waals surface area contributed by atoms with E-state index in [0.717, 1.165) is 16.1 Å². The van der Waals surface area contributed by atoms with E-state index in [1.54, 1.807) is 4.52 Å². The van der Waals surface area contributed by atoms with E-state index in [0.29, 0.717) is 17.9 Å². The molecule has 1 N–H and O–H groups in total. The molecular formula is C13H15N5O2S2. The Hall–Kier alpha value is -1.84. The number of sulfonamides is 1. The van der Waals surface area contributed by atoms with E-state index in [2.05, 4.69) is 20.0 Å². The molecule has 3 aromatic rings. The van der Waals surface area contributed by atoms with Crippen LogP contribution in [-0.2, 0) is 22.2 Å². The molecule has 0 saturated heterocycles. The fourth-order valence-corrected chi connectivity index (χ4v) is 4.10. The first kappa shape index (κ1) is 15.1. The molecule has 0 bridgehead atoms. The van der Waals surface area contributed by atoms with Crippen LogP contribution in [0.15, 0.2) is 30.6 Å². The maximum Gasteiger partial charge on any atom is 0.234 e. The van der Waals surface area contributed by atoms with Crippen LogP contribution in [0, 0.1) is 6.92 Å². The van der Waals surface area contributed by atoms with Crippen molar-refractivity contribution in [2.45, 2.75) is 19.1 Å². The van der Waals surface area contributed by atoms with Gasteiger partial charge in [-0.25, -0.2) is 13.1 Å². The number of nitrogens with zero attached hydrogens (tertiary/aromatic N) is 4. The Balaban J connectivity index is 1.58. The van der Waals surface area contributed by atoms with Crippen molar-refractivity contribution in [3.8, 4) is 0 Å². The molecule has 0 aliphatic heterocycles. The van der Waals surface area contributed by atoms with Gasteiger partial charge in [0.15, 0.2) is 0 Å². The maximum atomic E-state index is 12.1. The lowest BCUT2D eigenvalue weighted by atomic mass is 10.1. The van der Waals surface area contributed by atoms with Gasteiger partial charge in [-0.15, -0.1) is 10.2 Å². The predicted octanol–water partition coefficient (Wildman–Crippen LogP) is 1.16. The molecule has 0 saturated carbocycles. The molecule has 0 aliphatic rings. The van der Waals surface area contributed by atoms with E-state index in [4.69, 9.17) is 0 Å². The molecule has 7 nitrogen and oxygen atoms in total. The molecule has 0 spiro atoms. The molecule has 2 heterocycles. The van der Waals surface area contributed by atoms with Crippen LogP contribution in [0.25, 0.3) is 4.96 Å². The average molecular weight is 337 g/mol. The largest absolute Gasteiger partial charge is 0.234 e. The Morgan fingerprint density at radius 2 is 2.14 bits per heavy atom. The minimum absolute atomic E-state index is 0.00914. The smallest absolute Gasteiger partial charge is 0.215 e. The lowest BCUT2D eigenvalue weighted by molar-refractivity contribution is 0.580. The first-order chi connectivity index (χ1) is 10.5. The molecule has 0 atom stereocenters. The van der Waals surface area contributed by atoms with Crippen molar-refractivity contribution in [3.05, 3.63) is 46.7 Å². The zero-order valence-corrected chi connectivity index (χ0v) is 13.6. The summed E-state index contributed by atoms with van der Waals surface area (Å²) in [5.41, 5.74) is 1.79. The summed E-state index contributed by atoms with van der Waals surface area (Å²) in [6, 6.07) is 7.48. The van der Waals surface area contributed by atoms with E-state index in [-0.39, 0.29) is 5.75 Å². The van der Waals surface area contributed by atoms with Crippen LogP contribution >= 0.6 is 11.3 Å². The number of aryl methyl sites for hydroxylation is 1. The zero-order chi connectivity index (χ0) is 15.6. The average Bonchev–Trinajstić information content (AvgIpc) is 3.02. The van der Waals surface area contributed by atoms with Gasteiger partial charge in [0, 0.05) is 13.0 Å². The van der Waals surface area contributed by atoms with Crippen LogP contribution in [0.5, 0.6) is 0 Å². The number of hydrogen-bond acceptors (Lipinski definition) is 6. The van der Waals surface area contributed by atoms with Gasteiger partial charge in [-0.05, 0) is 18.1 Å². The summed E-state index contributed by atoms with van der Waals surface area (Å²) in [5.74, 6) is -0.00914. The normalized spacial score (nSPS) is 12.0. The Morgan fingerprint density at radius 3 is 2.91 bits per heavy atom. The minimum Gasteiger partial charge on any atom is -0.215 e. The highest BCUT2D eigenvalue weighted by Gasteiger charge is 2.13. The Labute approximate surface area is 132 Å². The highest BCUT2D eigenvalue weighted by molar-refractivity contribution is 7.88. The quantitative estimate of drug-likeness (QED) is 0.729. The summed E-state index contributed by atoms with van der Waals surface area (Å²) in [7, 11) is -3.35. The Morgan fingerprint density at radius 1 is 1.32 bits per heavy atom. The van der Waals surface area contributed by atoms with E-state index in [1.165, 1.54) is 17.7 Å². The van der Waals surface area contributed by atoms with Crippen molar-refractivity contribution in [1.82, 2.24) is 24.5 Å². The number of rotatable bonds is 6. The number of hydrogen-bond donors (Lipinski definition) is 1. The molecule has 0 radical (unpaired) electrons. The van der Waals surface area contributed by atoms with Crippen molar-refractivity contribution >= 4 is 26.3 Å². The summed E-state index contributed by atoms with van der Waals surface area (Å²) in [6.45, 7) is 2.22. The molecular weight excluding hydrogens is 322 g/mol. The topological polar surface area (TPSA) is 89.2 Å². The van der Waals surface area contributed by atoms with E-state index in [9.17, 15) is 8.42 Å². The second-order valence-corrected chi connectivity index (χ2v) is 7.73. The zero-order valence-electron chi connectivity index (χ0n) is 11.9. The molecule has 116 valence electrons. The summed E-state index contributed by atoms with van der Waals surface area (Å²) in [4.78, 5) is 0.706. The second kappa shape index (κ2) is 6.11. The minimum atomic E-state index is -3.35. The predicted molar refractivity (Wildman–Crippen MR) is 84.2 cm³/mol. The Bertz CT molecular complexity index is 856. The van der Waals surface area contributed by atoms with Crippen LogP contribution in [0.3, 0.4) is 0 Å². The van der Waals surface area contributed by atoms with Crippen molar-refractivity contribution < 1.29 is 8.42 Å². The SMILES string of the molecule is Cc1ccccc1CS(=O)(=O)NCCc1nn2cnnc2s1. The first-order valence-electron chi connectivity index (χ1n) is 6.71. The molecule has 0 aliphatic carbocycles. The van der Waals surface area contributed by atoms with Crippen molar-refractivity contribution in [1.29, 1.82) is 0 Å². The van der Waals surface area contributed by atoms with Gasteiger partial charge in [-0.2, -0.15) is 9.61 Å². The molecule has 0 fully saturated rings. The molecule has 0 amide bonds. The summed E-state index contributed by atoms with van der Waals surface area (Å²) in [5, 5.41) is 12.7. The van der Waals surface area contributed by atoms with Crippen molar-refractivity contribution in [3.63, 3.8) is 0 Å². The third kappa shape index (κ3) is 3.49. The fourth-order valence-electron chi connectivity index (χ4n) is 2.04. The van der Waals surface area contributed by atoms with Gasteiger partial charge in [0.1, 0.15) is 11.3 Å². The number of benzene rings is 1. The van der Waals surface area contributed by atoms with Crippen molar-refractivity contribution in [2.24, 2.45) is 0 Å². The van der Waals surface area contributed by atoms with Gasteiger partial charge in [0.25, 0.3) is 0 Å². The van der Waals surface area contributed by atoms with Crippen LogP contribution in [0.1, 0.15) is 16.1 Å². The molecule has 2 aromatic heterocycles. The van der Waals surface area contributed by atoms with Gasteiger partial charge in [-0.3, -0.25) is 0 Å². The lowest BCUT2D eigenvalue weighted by Gasteiger charge is -2.08. The standard InChI is InChI=1S/C13H15N5O2S2/c1-10-4-2-3-5-11(10)8-22(19,20)15-7-6-12-17-18-9-14-16-13(18)21-12/h2-5,9,15H,6-8H2,1H3. The Kier molecular flexibility index (Phi) is 4.19. The monoisotopic (exact) mass is 337 g/mol. The molecule has 0 unspecified atom stereocenters. The molecule has 9 heteroatoms. The van der Waals surface area contributed by atoms with Gasteiger partial charge in [0.05, 0.1) is 5.75 Å². The molecule has 22 heavy (non-hydrogen) atoms. The van der Waals surface area contributed by atoms with Gasteiger partial charge in [-0.1, -0.05) is 35.6 Å². The third-order valence-electron chi connectivity index (χ3n) is 3.20. The fraction of sp³-hybridized carbons (Fsp3) is 0.308. The van der Waals surface area contributed by atoms with E-state index < -0.39 is 10.0 Å². The number of aromatic nitrogens is 4. The van der Waals surface area contributed by atoms with Gasteiger partial charge >= 0.3 is 0 Å². The highest BCUT2D eigenvalue weighted by atomic mass is 32.2. The van der Waals surface area contributed by atoms with Gasteiger partial charge < -0.3 is 0 Å². The first-order valence-corrected chi connectivity index (χ1v) is 9.18. The van der Waals surface area contributed by atoms with Crippen LogP contribution in [0.2, 0.25) is 0 Å². The third-order valence-corrected chi connectivity index (χ3v) is 5.50. The summed E-state index contributed by atoms with van der Waals surface area (Å²) in [6.07, 6.45) is 2.05. The number of fused-ring (bicyclic) bond motifs is 1.